The number of piperazine rings is 1. The molecule has 2 fully saturated rings. The van der Waals surface area contributed by atoms with Gasteiger partial charge in [-0.3, -0.25) is 4.90 Å². The van der Waals surface area contributed by atoms with E-state index < -0.39 is 0 Å². The average Bonchev–Trinajstić information content (AvgIpc) is 3.01. The molecule has 1 aromatic heterocycles. The second-order valence-electron chi connectivity index (χ2n) is 7.03. The van der Waals surface area contributed by atoms with Gasteiger partial charge >= 0.3 is 0 Å². The Morgan fingerprint density at radius 3 is 2.41 bits per heavy atom. The molecule has 1 saturated carbocycles. The summed E-state index contributed by atoms with van der Waals surface area (Å²) < 4.78 is 1.46. The Bertz CT molecular complexity index is 601. The summed E-state index contributed by atoms with van der Waals surface area (Å²) in [5.74, 6) is 0. The predicted molar refractivity (Wildman–Crippen MR) is 95.7 cm³/mol. The van der Waals surface area contributed by atoms with Gasteiger partial charge in [-0.25, -0.2) is 0 Å². The molecule has 2 nitrogen and oxygen atoms in total. The maximum absolute atomic E-state index is 2.82. The molecule has 0 unspecified atom stereocenters. The van der Waals surface area contributed by atoms with Gasteiger partial charge in [-0.15, -0.1) is 11.3 Å². The Balaban J connectivity index is 1.73. The van der Waals surface area contributed by atoms with Gasteiger partial charge in [0.1, 0.15) is 0 Å². The highest BCUT2D eigenvalue weighted by Crippen LogP contribution is 2.46. The Morgan fingerprint density at radius 2 is 1.68 bits per heavy atom. The van der Waals surface area contributed by atoms with Crippen LogP contribution in [0, 0.1) is 0 Å². The maximum atomic E-state index is 2.82. The van der Waals surface area contributed by atoms with E-state index in [-0.39, 0.29) is 0 Å². The minimum Gasteiger partial charge on any atom is -0.304 e. The Hall–Kier alpha value is -0.900. The molecule has 2 aliphatic rings. The molecule has 1 saturated heterocycles. The van der Waals surface area contributed by atoms with E-state index in [1.165, 1.54) is 68.4 Å². The first kappa shape index (κ1) is 14.7. The summed E-state index contributed by atoms with van der Waals surface area (Å²) in [4.78, 5) is 6.91. The van der Waals surface area contributed by atoms with Crippen LogP contribution in [0.15, 0.2) is 30.3 Å². The lowest BCUT2D eigenvalue weighted by atomic mass is 9.78. The molecule has 118 valence electrons. The zero-order valence-corrected chi connectivity index (χ0v) is 14.4. The zero-order chi connectivity index (χ0) is 15.0. The van der Waals surface area contributed by atoms with Crippen molar-refractivity contribution in [3.8, 4) is 0 Å². The summed E-state index contributed by atoms with van der Waals surface area (Å²) in [5.41, 5.74) is 0.323. The van der Waals surface area contributed by atoms with E-state index in [4.69, 9.17) is 0 Å². The number of benzene rings is 1. The van der Waals surface area contributed by atoms with Gasteiger partial charge in [0.05, 0.1) is 5.54 Å². The molecule has 1 aliphatic carbocycles. The maximum Gasteiger partial charge on any atom is 0.0555 e. The highest BCUT2D eigenvalue weighted by atomic mass is 32.1. The molecule has 0 atom stereocenters. The van der Waals surface area contributed by atoms with Crippen LogP contribution in [-0.4, -0.2) is 43.0 Å². The summed E-state index contributed by atoms with van der Waals surface area (Å²) in [6.45, 7) is 4.88. The molecule has 0 radical (unpaired) electrons. The zero-order valence-electron chi connectivity index (χ0n) is 13.6. The minimum absolute atomic E-state index is 0.323. The summed E-state index contributed by atoms with van der Waals surface area (Å²) in [7, 11) is 2.25. The third kappa shape index (κ3) is 2.49. The fourth-order valence-corrected chi connectivity index (χ4v) is 5.64. The van der Waals surface area contributed by atoms with Gasteiger partial charge in [0, 0.05) is 35.8 Å². The second kappa shape index (κ2) is 5.95. The van der Waals surface area contributed by atoms with E-state index in [9.17, 15) is 0 Å². The minimum atomic E-state index is 0.323. The molecule has 2 heterocycles. The predicted octanol–water partition coefficient (Wildman–Crippen LogP) is 4.31. The SMILES string of the molecule is [11CH3]N1CCN(C2(c3cc4ccccc4s3)CCCCC2)CC1. The number of nitrogens with zero attached hydrogens (tertiary/aromatic N) is 2. The highest BCUT2D eigenvalue weighted by molar-refractivity contribution is 7.19. The molecule has 4 rings (SSSR count). The number of hydrogen-bond acceptors (Lipinski definition) is 3. The van der Waals surface area contributed by atoms with Crippen molar-refractivity contribution in [3.05, 3.63) is 35.2 Å². The van der Waals surface area contributed by atoms with E-state index in [0.717, 1.165) is 0 Å². The smallest absolute Gasteiger partial charge is 0.0555 e. The molecule has 3 heteroatoms. The number of thiophene rings is 1. The lowest BCUT2D eigenvalue weighted by Crippen LogP contribution is -2.55. The molecule has 0 amide bonds. The van der Waals surface area contributed by atoms with Crippen molar-refractivity contribution in [2.24, 2.45) is 0 Å². The molecule has 2 aromatic rings. The summed E-state index contributed by atoms with van der Waals surface area (Å²) >= 11 is 2.04. The van der Waals surface area contributed by atoms with Gasteiger partial charge in [0.25, 0.3) is 0 Å². The van der Waals surface area contributed by atoms with Gasteiger partial charge in [-0.05, 0) is 37.4 Å². The Morgan fingerprint density at radius 1 is 0.955 bits per heavy atom. The molecular formula is C19H26N2S. The number of rotatable bonds is 2. The van der Waals surface area contributed by atoms with Gasteiger partial charge in [0.2, 0.25) is 0 Å². The van der Waals surface area contributed by atoms with E-state index in [1.54, 1.807) is 4.88 Å². The summed E-state index contributed by atoms with van der Waals surface area (Å²) in [6, 6.07) is 11.4. The molecule has 1 aliphatic heterocycles. The molecule has 0 spiro atoms. The van der Waals surface area contributed by atoms with Crippen molar-refractivity contribution in [3.63, 3.8) is 0 Å². The number of fused-ring (bicyclic) bond motifs is 1. The molecule has 0 N–H and O–H groups in total. The summed E-state index contributed by atoms with van der Waals surface area (Å²) in [5, 5.41) is 1.43. The van der Waals surface area contributed by atoms with Crippen LogP contribution in [0.1, 0.15) is 37.0 Å². The molecule has 0 bridgehead atoms. The van der Waals surface area contributed by atoms with Crippen LogP contribution in [0.25, 0.3) is 10.1 Å². The van der Waals surface area contributed by atoms with Gasteiger partial charge < -0.3 is 4.90 Å². The third-order valence-corrected chi connectivity index (χ3v) is 6.98. The standard InChI is InChI=1S/C19H26N2S/c1-20-11-13-21(14-12-20)19(9-5-2-6-10-19)18-15-16-7-3-4-8-17(16)22-18/h3-4,7-8,15H,2,5-6,9-14H2,1H3/i1-1. The quantitative estimate of drug-likeness (QED) is 0.815. The average molecular weight is 313 g/mol. The largest absolute Gasteiger partial charge is 0.304 e. The first-order chi connectivity index (χ1) is 10.8. The Labute approximate surface area is 137 Å². The first-order valence-electron chi connectivity index (χ1n) is 8.71. The van der Waals surface area contributed by atoms with E-state index in [0.29, 0.717) is 5.54 Å². The van der Waals surface area contributed by atoms with Crippen LogP contribution in [0.2, 0.25) is 0 Å². The fraction of sp³-hybridized carbons (Fsp3) is 0.579. The summed E-state index contributed by atoms with van der Waals surface area (Å²) in [6.07, 6.45) is 6.90. The van der Waals surface area contributed by atoms with Gasteiger partial charge in [0.15, 0.2) is 0 Å². The van der Waals surface area contributed by atoms with E-state index >= 15 is 0 Å². The van der Waals surface area contributed by atoms with Crippen LogP contribution >= 0.6 is 11.3 Å². The topological polar surface area (TPSA) is 6.48 Å². The van der Waals surface area contributed by atoms with Crippen LogP contribution in [0.3, 0.4) is 0 Å². The van der Waals surface area contributed by atoms with Crippen molar-refractivity contribution in [1.82, 2.24) is 9.80 Å². The van der Waals surface area contributed by atoms with E-state index in [1.807, 2.05) is 11.3 Å². The lowest BCUT2D eigenvalue weighted by molar-refractivity contribution is 0.0127. The van der Waals surface area contributed by atoms with Crippen molar-refractivity contribution in [2.75, 3.05) is 33.2 Å². The molecular weight excluding hydrogens is 287 g/mol. The lowest BCUT2D eigenvalue weighted by Gasteiger charge is -2.49. The van der Waals surface area contributed by atoms with Gasteiger partial charge in [-0.2, -0.15) is 0 Å². The number of likely N-dealkylation sites (N-methyl/N-ethyl adjacent to an activating group) is 1. The van der Waals surface area contributed by atoms with Crippen molar-refractivity contribution < 1.29 is 0 Å². The van der Waals surface area contributed by atoms with Crippen LogP contribution in [-0.2, 0) is 5.54 Å². The van der Waals surface area contributed by atoms with Crippen LogP contribution < -0.4 is 0 Å². The first-order valence-corrected chi connectivity index (χ1v) is 9.52. The fourth-order valence-electron chi connectivity index (χ4n) is 4.30. The van der Waals surface area contributed by atoms with E-state index in [2.05, 4.69) is 47.2 Å². The van der Waals surface area contributed by atoms with Crippen molar-refractivity contribution in [1.29, 1.82) is 0 Å². The highest BCUT2D eigenvalue weighted by Gasteiger charge is 2.41. The normalized spacial score (nSPS) is 23.9. The monoisotopic (exact) mass is 313 g/mol. The third-order valence-electron chi connectivity index (χ3n) is 5.67. The van der Waals surface area contributed by atoms with Crippen molar-refractivity contribution >= 4 is 21.4 Å². The molecule has 22 heavy (non-hydrogen) atoms. The van der Waals surface area contributed by atoms with Crippen molar-refractivity contribution in [2.45, 2.75) is 37.6 Å². The van der Waals surface area contributed by atoms with Gasteiger partial charge in [-0.1, -0.05) is 37.5 Å². The van der Waals surface area contributed by atoms with Crippen LogP contribution in [0.4, 0.5) is 0 Å². The Kier molecular flexibility index (Phi) is 3.97. The molecule has 1 aromatic carbocycles. The second-order valence-corrected chi connectivity index (χ2v) is 8.11. The number of hydrogen-bond donors (Lipinski definition) is 0. The van der Waals surface area contributed by atoms with Crippen LogP contribution in [0.5, 0.6) is 0 Å².